The molecule has 1 saturated carbocycles. The summed E-state index contributed by atoms with van der Waals surface area (Å²) < 4.78 is 0. The molecule has 1 saturated heterocycles. The predicted octanol–water partition coefficient (Wildman–Crippen LogP) is 0.899. The monoisotopic (exact) mass is 224 g/mol. The molecule has 0 spiro atoms. The number of carbonyl (C=O) groups excluding carboxylic acids is 2. The largest absolute Gasteiger partial charge is 0.330 e. The molecule has 1 aliphatic heterocycles. The van der Waals surface area contributed by atoms with E-state index >= 15 is 0 Å². The average Bonchev–Trinajstić information content (AvgIpc) is 2.71. The molecule has 0 aromatic heterocycles. The highest BCUT2D eigenvalue weighted by molar-refractivity contribution is 6.05. The number of hydrogen-bond donors (Lipinski definition) is 1. The van der Waals surface area contributed by atoms with Crippen LogP contribution >= 0.6 is 0 Å². The number of hydrogen-bond acceptors (Lipinski definition) is 3. The van der Waals surface area contributed by atoms with Gasteiger partial charge in [0.2, 0.25) is 11.8 Å². The summed E-state index contributed by atoms with van der Waals surface area (Å²) in [4.78, 5) is 25.6. The van der Waals surface area contributed by atoms with E-state index in [4.69, 9.17) is 5.73 Å². The second-order valence-corrected chi connectivity index (χ2v) is 5.62. The second-order valence-electron chi connectivity index (χ2n) is 5.62. The van der Waals surface area contributed by atoms with Gasteiger partial charge in [-0.25, -0.2) is 0 Å². The number of amides is 2. The Morgan fingerprint density at radius 3 is 2.56 bits per heavy atom. The van der Waals surface area contributed by atoms with Crippen LogP contribution in [0.2, 0.25) is 0 Å². The Morgan fingerprint density at radius 1 is 1.38 bits per heavy atom. The van der Waals surface area contributed by atoms with Crippen molar-refractivity contribution in [2.45, 2.75) is 45.6 Å². The van der Waals surface area contributed by atoms with Crippen molar-refractivity contribution in [3.63, 3.8) is 0 Å². The third-order valence-corrected chi connectivity index (χ3v) is 3.91. The molecule has 1 heterocycles. The summed E-state index contributed by atoms with van der Waals surface area (Å²) in [5.74, 6) is 0.282. The molecule has 2 N–H and O–H groups in total. The van der Waals surface area contributed by atoms with Crippen LogP contribution in [0.25, 0.3) is 0 Å². The molecule has 2 unspecified atom stereocenters. The molecule has 2 aliphatic rings. The Morgan fingerprint density at radius 2 is 2.06 bits per heavy atom. The summed E-state index contributed by atoms with van der Waals surface area (Å²) in [5, 5.41) is 0. The standard InChI is InChI=1S/C12H20N2O2/c1-12(2)6-10(15)14(11(12)16)9-5-3-4-8(9)7-13/h8-9H,3-7,13H2,1-2H3. The molecule has 0 bridgehead atoms. The number of rotatable bonds is 2. The molecule has 2 atom stereocenters. The van der Waals surface area contributed by atoms with Gasteiger partial charge in [-0.05, 0) is 25.3 Å². The third-order valence-electron chi connectivity index (χ3n) is 3.91. The zero-order valence-corrected chi connectivity index (χ0v) is 10.0. The van der Waals surface area contributed by atoms with Crippen molar-refractivity contribution in [3.8, 4) is 0 Å². The summed E-state index contributed by atoms with van der Waals surface area (Å²) in [5.41, 5.74) is 5.19. The molecule has 2 fully saturated rings. The molecule has 16 heavy (non-hydrogen) atoms. The van der Waals surface area contributed by atoms with Gasteiger partial charge >= 0.3 is 0 Å². The number of nitrogens with zero attached hydrogens (tertiary/aromatic N) is 1. The first-order valence-corrected chi connectivity index (χ1v) is 6.04. The zero-order chi connectivity index (χ0) is 11.9. The van der Waals surface area contributed by atoms with E-state index in [0.29, 0.717) is 18.9 Å². The van der Waals surface area contributed by atoms with Gasteiger partial charge in [-0.1, -0.05) is 20.3 Å². The summed E-state index contributed by atoms with van der Waals surface area (Å²) in [6.45, 7) is 4.27. The Labute approximate surface area is 96.2 Å². The van der Waals surface area contributed by atoms with Gasteiger partial charge in [0.05, 0.1) is 5.41 Å². The van der Waals surface area contributed by atoms with Gasteiger partial charge in [0.1, 0.15) is 0 Å². The second kappa shape index (κ2) is 3.84. The lowest BCUT2D eigenvalue weighted by Gasteiger charge is -2.28. The highest BCUT2D eigenvalue weighted by atomic mass is 16.2. The smallest absolute Gasteiger partial charge is 0.235 e. The molecule has 4 heteroatoms. The number of likely N-dealkylation sites (tertiary alicyclic amines) is 1. The minimum absolute atomic E-state index is 0.0112. The van der Waals surface area contributed by atoms with Crippen LogP contribution in [-0.2, 0) is 9.59 Å². The maximum absolute atomic E-state index is 12.2. The van der Waals surface area contributed by atoms with E-state index in [9.17, 15) is 9.59 Å². The van der Waals surface area contributed by atoms with Crippen LogP contribution in [0, 0.1) is 11.3 Å². The minimum Gasteiger partial charge on any atom is -0.330 e. The summed E-state index contributed by atoms with van der Waals surface area (Å²) in [7, 11) is 0. The fraction of sp³-hybridized carbons (Fsp3) is 0.833. The van der Waals surface area contributed by atoms with Gasteiger partial charge in [0.15, 0.2) is 0 Å². The van der Waals surface area contributed by atoms with E-state index in [2.05, 4.69) is 0 Å². The molecule has 0 aromatic rings. The minimum atomic E-state index is -0.515. The van der Waals surface area contributed by atoms with Crippen LogP contribution < -0.4 is 5.73 Å². The van der Waals surface area contributed by atoms with Gasteiger partial charge in [-0.15, -0.1) is 0 Å². The van der Waals surface area contributed by atoms with Crippen molar-refractivity contribution in [3.05, 3.63) is 0 Å². The normalized spacial score (nSPS) is 33.8. The van der Waals surface area contributed by atoms with Crippen LogP contribution in [0.4, 0.5) is 0 Å². The van der Waals surface area contributed by atoms with Crippen LogP contribution in [0.3, 0.4) is 0 Å². The van der Waals surface area contributed by atoms with Crippen LogP contribution in [0.1, 0.15) is 39.5 Å². The maximum atomic E-state index is 12.2. The van der Waals surface area contributed by atoms with E-state index in [0.717, 1.165) is 19.3 Å². The topological polar surface area (TPSA) is 63.4 Å². The summed E-state index contributed by atoms with van der Waals surface area (Å²) in [6.07, 6.45) is 3.39. The molecule has 0 radical (unpaired) electrons. The maximum Gasteiger partial charge on any atom is 0.235 e. The van der Waals surface area contributed by atoms with Crippen LogP contribution in [0.5, 0.6) is 0 Å². The average molecular weight is 224 g/mol. The van der Waals surface area contributed by atoms with E-state index in [1.807, 2.05) is 13.8 Å². The van der Waals surface area contributed by atoms with Gasteiger partial charge in [0, 0.05) is 12.5 Å². The molecule has 4 nitrogen and oxygen atoms in total. The molecular weight excluding hydrogens is 204 g/mol. The quantitative estimate of drug-likeness (QED) is 0.709. The van der Waals surface area contributed by atoms with Crippen LogP contribution in [0.15, 0.2) is 0 Å². The van der Waals surface area contributed by atoms with Crippen LogP contribution in [-0.4, -0.2) is 29.3 Å². The number of carbonyl (C=O) groups is 2. The number of nitrogens with two attached hydrogens (primary N) is 1. The van der Waals surface area contributed by atoms with E-state index < -0.39 is 5.41 Å². The fourth-order valence-corrected chi connectivity index (χ4v) is 2.95. The van der Waals surface area contributed by atoms with E-state index in [1.165, 1.54) is 4.90 Å². The van der Waals surface area contributed by atoms with Gasteiger partial charge in [-0.2, -0.15) is 0 Å². The lowest BCUT2D eigenvalue weighted by atomic mass is 9.92. The summed E-state index contributed by atoms with van der Waals surface area (Å²) >= 11 is 0. The lowest BCUT2D eigenvalue weighted by molar-refractivity contribution is -0.144. The lowest BCUT2D eigenvalue weighted by Crippen LogP contribution is -2.45. The Bertz CT molecular complexity index is 325. The molecule has 90 valence electrons. The molecule has 2 rings (SSSR count). The predicted molar refractivity (Wildman–Crippen MR) is 60.4 cm³/mol. The van der Waals surface area contributed by atoms with Crippen molar-refractivity contribution < 1.29 is 9.59 Å². The highest BCUT2D eigenvalue weighted by Gasteiger charge is 2.49. The Kier molecular flexibility index (Phi) is 2.78. The number of imide groups is 1. The highest BCUT2D eigenvalue weighted by Crippen LogP contribution is 2.38. The van der Waals surface area contributed by atoms with Gasteiger partial charge in [0.25, 0.3) is 0 Å². The van der Waals surface area contributed by atoms with Crippen molar-refractivity contribution in [1.29, 1.82) is 0 Å². The fourth-order valence-electron chi connectivity index (χ4n) is 2.95. The van der Waals surface area contributed by atoms with E-state index in [-0.39, 0.29) is 17.9 Å². The van der Waals surface area contributed by atoms with E-state index in [1.54, 1.807) is 0 Å². The first kappa shape index (κ1) is 11.6. The summed E-state index contributed by atoms with van der Waals surface area (Å²) in [6, 6.07) is 0.0618. The Hall–Kier alpha value is -0.900. The Balaban J connectivity index is 2.21. The molecule has 2 amide bonds. The van der Waals surface area contributed by atoms with Gasteiger partial charge < -0.3 is 5.73 Å². The van der Waals surface area contributed by atoms with Crippen molar-refractivity contribution in [1.82, 2.24) is 4.90 Å². The van der Waals surface area contributed by atoms with Crippen molar-refractivity contribution in [2.75, 3.05) is 6.54 Å². The zero-order valence-electron chi connectivity index (χ0n) is 10.0. The molecule has 1 aliphatic carbocycles. The van der Waals surface area contributed by atoms with Crippen molar-refractivity contribution in [2.24, 2.45) is 17.1 Å². The first-order chi connectivity index (χ1) is 7.47. The third kappa shape index (κ3) is 1.65. The SMILES string of the molecule is CC1(C)CC(=O)N(C2CCCC2CN)C1=O. The van der Waals surface area contributed by atoms with Crippen molar-refractivity contribution >= 4 is 11.8 Å². The first-order valence-electron chi connectivity index (χ1n) is 6.04. The molecule has 0 aromatic carbocycles. The van der Waals surface area contributed by atoms with Gasteiger partial charge in [-0.3, -0.25) is 14.5 Å². The molecular formula is C12H20N2O2.